The number of hydrogen-bond acceptors (Lipinski definition) is 3. The van der Waals surface area contributed by atoms with Gasteiger partial charge >= 0.3 is 0 Å². The largest absolute Gasteiger partial charge is 0.329 e. The van der Waals surface area contributed by atoms with E-state index in [0.717, 1.165) is 16.6 Å². The van der Waals surface area contributed by atoms with Crippen molar-refractivity contribution in [2.45, 2.75) is 11.8 Å². The maximum atomic E-state index is 13.1. The van der Waals surface area contributed by atoms with E-state index >= 15 is 0 Å². The van der Waals surface area contributed by atoms with Crippen LogP contribution < -0.4 is 4.72 Å². The number of benzene rings is 3. The van der Waals surface area contributed by atoms with Gasteiger partial charge in [0.1, 0.15) is 11.9 Å². The number of sulfonamides is 1. The zero-order chi connectivity index (χ0) is 21.3. The predicted molar refractivity (Wildman–Crippen MR) is 121 cm³/mol. The van der Waals surface area contributed by atoms with E-state index in [0.29, 0.717) is 21.4 Å². The molecule has 4 rings (SSSR count). The van der Waals surface area contributed by atoms with Crippen molar-refractivity contribution in [3.8, 4) is 0 Å². The number of aryl methyl sites for hydroxylation is 1. The van der Waals surface area contributed by atoms with Gasteiger partial charge in [-0.25, -0.2) is 13.4 Å². The molecular weight excluding hydrogens is 441 g/mol. The Bertz CT molecular complexity index is 1300. The number of aromatic nitrogens is 2. The maximum Gasteiger partial charge on any atom is 0.216 e. The third-order valence-electron chi connectivity index (χ3n) is 4.85. The molecule has 1 N–H and O–H groups in total. The third kappa shape index (κ3) is 4.37. The van der Waals surface area contributed by atoms with Gasteiger partial charge in [-0.2, -0.15) is 4.72 Å². The molecule has 1 atom stereocenters. The quantitative estimate of drug-likeness (QED) is 0.436. The summed E-state index contributed by atoms with van der Waals surface area (Å²) in [6.45, 7) is 0. The van der Waals surface area contributed by atoms with E-state index in [-0.39, 0.29) is 5.75 Å². The van der Waals surface area contributed by atoms with Crippen LogP contribution in [0.4, 0.5) is 0 Å². The predicted octanol–water partition coefficient (Wildman–Crippen LogP) is 5.09. The highest BCUT2D eigenvalue weighted by Crippen LogP contribution is 2.27. The van der Waals surface area contributed by atoms with Crippen molar-refractivity contribution in [3.63, 3.8) is 0 Å². The number of fused-ring (bicyclic) bond motifs is 1. The first kappa shape index (κ1) is 20.9. The smallest absolute Gasteiger partial charge is 0.216 e. The molecule has 0 fully saturated rings. The van der Waals surface area contributed by atoms with E-state index in [4.69, 9.17) is 28.2 Å². The lowest BCUT2D eigenvalue weighted by Gasteiger charge is -2.19. The molecule has 1 heterocycles. The van der Waals surface area contributed by atoms with Gasteiger partial charge in [-0.05, 0) is 35.4 Å². The Morgan fingerprint density at radius 1 is 0.967 bits per heavy atom. The van der Waals surface area contributed by atoms with Crippen LogP contribution in [0.5, 0.6) is 0 Å². The molecule has 0 amide bonds. The number of imidazole rings is 1. The molecular formula is C22H19Cl2N3O2S. The standard InChI is InChI=1S/C22H19Cl2N3O2S/c1-27-20-10-6-5-9-19(20)25-22(27)21(16-7-3-2-4-8-16)26-30(28,29)14-15-11-12-17(23)18(24)13-15/h2-13,21,26H,14H2,1H3. The first-order valence-corrected chi connectivity index (χ1v) is 11.6. The highest BCUT2D eigenvalue weighted by atomic mass is 35.5. The molecule has 1 unspecified atom stereocenters. The summed E-state index contributed by atoms with van der Waals surface area (Å²) in [5.74, 6) is 0.386. The maximum absolute atomic E-state index is 13.1. The molecule has 0 spiro atoms. The van der Waals surface area contributed by atoms with Crippen LogP contribution >= 0.6 is 23.2 Å². The molecule has 0 aliphatic carbocycles. The average Bonchev–Trinajstić information content (AvgIpc) is 3.06. The fourth-order valence-electron chi connectivity index (χ4n) is 3.41. The molecule has 30 heavy (non-hydrogen) atoms. The monoisotopic (exact) mass is 459 g/mol. The molecule has 0 radical (unpaired) electrons. The Hall–Kier alpha value is -2.38. The van der Waals surface area contributed by atoms with Crippen molar-refractivity contribution in [2.24, 2.45) is 7.05 Å². The van der Waals surface area contributed by atoms with Crippen molar-refractivity contribution >= 4 is 44.3 Å². The Morgan fingerprint density at radius 2 is 1.67 bits per heavy atom. The Balaban J connectivity index is 1.73. The minimum atomic E-state index is -3.72. The summed E-state index contributed by atoms with van der Waals surface area (Å²) < 4.78 is 30.8. The lowest BCUT2D eigenvalue weighted by atomic mass is 10.1. The molecule has 0 saturated carbocycles. The molecule has 0 saturated heterocycles. The van der Waals surface area contributed by atoms with Gasteiger partial charge in [0.2, 0.25) is 10.0 Å². The summed E-state index contributed by atoms with van der Waals surface area (Å²) in [4.78, 5) is 4.70. The van der Waals surface area contributed by atoms with Crippen LogP contribution in [0.2, 0.25) is 10.0 Å². The van der Waals surface area contributed by atoms with Crippen LogP contribution in [-0.2, 0) is 22.8 Å². The van der Waals surface area contributed by atoms with E-state index in [9.17, 15) is 8.42 Å². The minimum absolute atomic E-state index is 0.225. The van der Waals surface area contributed by atoms with Crippen molar-refractivity contribution in [3.05, 3.63) is 99.8 Å². The average molecular weight is 460 g/mol. The molecule has 8 heteroatoms. The van der Waals surface area contributed by atoms with Gasteiger partial charge in [-0.1, -0.05) is 71.7 Å². The second-order valence-electron chi connectivity index (χ2n) is 6.99. The molecule has 4 aromatic rings. The summed E-state index contributed by atoms with van der Waals surface area (Å²) in [6.07, 6.45) is 0. The number of halogens is 2. The molecule has 5 nitrogen and oxygen atoms in total. The second kappa shape index (κ2) is 8.40. The highest BCUT2D eigenvalue weighted by Gasteiger charge is 2.26. The molecule has 0 bridgehead atoms. The van der Waals surface area contributed by atoms with Crippen LogP contribution in [0.3, 0.4) is 0 Å². The van der Waals surface area contributed by atoms with Crippen molar-refractivity contribution in [1.82, 2.24) is 14.3 Å². The van der Waals surface area contributed by atoms with Gasteiger partial charge in [0.05, 0.1) is 26.8 Å². The zero-order valence-corrected chi connectivity index (χ0v) is 18.4. The van der Waals surface area contributed by atoms with Crippen LogP contribution in [-0.4, -0.2) is 18.0 Å². The lowest BCUT2D eigenvalue weighted by Crippen LogP contribution is -2.32. The number of nitrogens with one attached hydrogen (secondary N) is 1. The van der Waals surface area contributed by atoms with Gasteiger partial charge in [-0.3, -0.25) is 0 Å². The number of rotatable bonds is 6. The molecule has 0 aliphatic heterocycles. The van der Waals surface area contributed by atoms with Gasteiger partial charge < -0.3 is 4.57 Å². The molecule has 3 aromatic carbocycles. The lowest BCUT2D eigenvalue weighted by molar-refractivity contribution is 0.563. The summed E-state index contributed by atoms with van der Waals surface area (Å²) in [6, 6.07) is 21.3. The topological polar surface area (TPSA) is 64.0 Å². The molecule has 0 aliphatic rings. The fourth-order valence-corrected chi connectivity index (χ4v) is 5.03. The normalized spacial score (nSPS) is 12.9. The molecule has 1 aromatic heterocycles. The summed E-state index contributed by atoms with van der Waals surface area (Å²) in [5.41, 5.74) is 3.08. The Kier molecular flexibility index (Phi) is 5.84. The van der Waals surface area contributed by atoms with Gasteiger partial charge in [0.25, 0.3) is 0 Å². The summed E-state index contributed by atoms with van der Waals surface area (Å²) >= 11 is 12.0. The van der Waals surface area contributed by atoms with E-state index < -0.39 is 16.1 Å². The van der Waals surface area contributed by atoms with E-state index in [1.54, 1.807) is 18.2 Å². The molecule has 154 valence electrons. The van der Waals surface area contributed by atoms with Crippen molar-refractivity contribution in [1.29, 1.82) is 0 Å². The van der Waals surface area contributed by atoms with E-state index in [1.165, 1.54) is 0 Å². The highest BCUT2D eigenvalue weighted by molar-refractivity contribution is 7.88. The van der Waals surface area contributed by atoms with Crippen molar-refractivity contribution in [2.75, 3.05) is 0 Å². The van der Waals surface area contributed by atoms with Gasteiger partial charge in [0.15, 0.2) is 0 Å². The van der Waals surface area contributed by atoms with Crippen LogP contribution in [0.1, 0.15) is 23.0 Å². The minimum Gasteiger partial charge on any atom is -0.329 e. The number of hydrogen-bond donors (Lipinski definition) is 1. The SMILES string of the molecule is Cn1c(C(NS(=O)(=O)Cc2ccc(Cl)c(Cl)c2)c2ccccc2)nc2ccccc21. The first-order valence-electron chi connectivity index (χ1n) is 9.24. The van der Waals surface area contributed by atoms with Gasteiger partial charge in [-0.15, -0.1) is 0 Å². The van der Waals surface area contributed by atoms with Crippen LogP contribution in [0.15, 0.2) is 72.8 Å². The van der Waals surface area contributed by atoms with Gasteiger partial charge in [0, 0.05) is 7.05 Å². The zero-order valence-electron chi connectivity index (χ0n) is 16.1. The summed E-state index contributed by atoms with van der Waals surface area (Å²) in [7, 11) is -1.84. The Labute approximate surface area is 185 Å². The number of para-hydroxylation sites is 2. The van der Waals surface area contributed by atoms with Crippen LogP contribution in [0.25, 0.3) is 11.0 Å². The van der Waals surface area contributed by atoms with Crippen LogP contribution in [0, 0.1) is 0 Å². The Morgan fingerprint density at radius 3 is 2.37 bits per heavy atom. The number of nitrogens with zero attached hydrogens (tertiary/aromatic N) is 2. The van der Waals surface area contributed by atoms with E-state index in [1.807, 2.05) is 66.2 Å². The fraction of sp³-hybridized carbons (Fsp3) is 0.136. The first-order chi connectivity index (χ1) is 14.3. The second-order valence-corrected chi connectivity index (χ2v) is 9.56. The van der Waals surface area contributed by atoms with Crippen molar-refractivity contribution < 1.29 is 8.42 Å². The summed E-state index contributed by atoms with van der Waals surface area (Å²) in [5, 5.41) is 0.701. The third-order valence-corrected chi connectivity index (χ3v) is 6.90. The van der Waals surface area contributed by atoms with E-state index in [2.05, 4.69) is 4.72 Å².